The van der Waals surface area contributed by atoms with Gasteiger partial charge in [-0.25, -0.2) is 0 Å². The number of methoxy groups -OCH3 is 1. The van der Waals surface area contributed by atoms with Gasteiger partial charge in [0.1, 0.15) is 12.4 Å². The first-order valence-electron chi connectivity index (χ1n) is 10.8. The molecule has 0 aliphatic carbocycles. The topological polar surface area (TPSA) is 72.9 Å². The van der Waals surface area contributed by atoms with Gasteiger partial charge in [-0.2, -0.15) is 0 Å². The Balaban J connectivity index is 2.01. The molecule has 168 valence electrons. The fourth-order valence-corrected chi connectivity index (χ4v) is 3.80. The molecule has 6 heteroatoms. The number of hydrogen-bond donors (Lipinski definition) is 0. The smallest absolute Gasteiger partial charge is 0.306 e. The summed E-state index contributed by atoms with van der Waals surface area (Å²) in [5, 5.41) is 0. The zero-order valence-electron chi connectivity index (χ0n) is 18.3. The van der Waals surface area contributed by atoms with Gasteiger partial charge in [-0.15, -0.1) is 0 Å². The maximum Gasteiger partial charge on any atom is 0.306 e. The molecule has 0 spiro atoms. The van der Waals surface area contributed by atoms with Crippen LogP contribution in [0.2, 0.25) is 0 Å². The van der Waals surface area contributed by atoms with Gasteiger partial charge >= 0.3 is 5.97 Å². The molecule has 0 N–H and O–H groups in total. The molecule has 0 radical (unpaired) electrons. The normalized spacial score (nSPS) is 21.2. The van der Waals surface area contributed by atoms with Crippen molar-refractivity contribution in [2.45, 2.75) is 44.4 Å². The third-order valence-corrected chi connectivity index (χ3v) is 5.47. The van der Waals surface area contributed by atoms with Crippen molar-refractivity contribution in [1.29, 1.82) is 0 Å². The molecule has 0 saturated carbocycles. The number of rotatable bonds is 6. The maximum atomic E-state index is 13.3. The quantitative estimate of drug-likeness (QED) is 0.385. The van der Waals surface area contributed by atoms with E-state index in [1.807, 2.05) is 54.6 Å². The van der Waals surface area contributed by atoms with Crippen molar-refractivity contribution < 1.29 is 23.9 Å². The van der Waals surface area contributed by atoms with Crippen molar-refractivity contribution in [2.75, 3.05) is 13.7 Å². The zero-order valence-corrected chi connectivity index (χ0v) is 18.3. The van der Waals surface area contributed by atoms with E-state index in [0.717, 1.165) is 17.4 Å². The number of cyclic esters (lactones) is 1. The second-order valence-electron chi connectivity index (χ2n) is 7.77. The van der Waals surface area contributed by atoms with Gasteiger partial charge in [0.15, 0.2) is 0 Å². The largest absolute Gasteiger partial charge is 0.455 e. The number of benzene rings is 2. The summed E-state index contributed by atoms with van der Waals surface area (Å²) in [6, 6.07) is 16.1. The first kappa shape index (κ1) is 23.4. The molecule has 0 bridgehead atoms. The lowest BCUT2D eigenvalue weighted by molar-refractivity contribution is -0.159. The number of ether oxygens (including phenoxy) is 2. The van der Waals surface area contributed by atoms with Crippen LogP contribution in [0.15, 0.2) is 66.7 Å². The first-order chi connectivity index (χ1) is 15.6. The highest BCUT2D eigenvalue weighted by Crippen LogP contribution is 2.29. The highest BCUT2D eigenvalue weighted by atomic mass is 16.5. The molecule has 0 saturated heterocycles. The molecule has 1 amide bonds. The van der Waals surface area contributed by atoms with Crippen LogP contribution in [0.1, 0.15) is 53.3 Å². The van der Waals surface area contributed by atoms with Gasteiger partial charge in [0.2, 0.25) is 5.91 Å². The van der Waals surface area contributed by atoms with Gasteiger partial charge in [0.05, 0.1) is 12.6 Å². The minimum Gasteiger partial charge on any atom is -0.455 e. The summed E-state index contributed by atoms with van der Waals surface area (Å²) in [5.41, 5.74) is 2.26. The lowest BCUT2D eigenvalue weighted by Crippen LogP contribution is -2.47. The minimum atomic E-state index is -0.662. The summed E-state index contributed by atoms with van der Waals surface area (Å²) in [5.74, 6) is -0.360. The Morgan fingerprint density at radius 3 is 2.34 bits per heavy atom. The Kier molecular flexibility index (Phi) is 8.75. The minimum absolute atomic E-state index is 0.0475. The molecule has 1 heterocycles. The van der Waals surface area contributed by atoms with Crippen LogP contribution in [0.25, 0.3) is 0 Å². The number of allylic oxidation sites excluding steroid dienone is 2. The Bertz CT molecular complexity index is 923. The summed E-state index contributed by atoms with van der Waals surface area (Å²) in [7, 11) is 1.57. The average molecular weight is 436 g/mol. The molecule has 1 aliphatic rings. The van der Waals surface area contributed by atoms with Crippen molar-refractivity contribution in [3.05, 3.63) is 83.4 Å². The average Bonchev–Trinajstić information content (AvgIpc) is 2.82. The van der Waals surface area contributed by atoms with Crippen LogP contribution in [0, 0.1) is 0 Å². The lowest BCUT2D eigenvalue weighted by atomic mass is 9.99. The van der Waals surface area contributed by atoms with E-state index in [1.54, 1.807) is 24.1 Å². The molecule has 6 nitrogen and oxygen atoms in total. The Morgan fingerprint density at radius 1 is 1.00 bits per heavy atom. The van der Waals surface area contributed by atoms with E-state index >= 15 is 0 Å². The Hall–Kier alpha value is -3.25. The molecule has 2 aromatic carbocycles. The van der Waals surface area contributed by atoms with Crippen molar-refractivity contribution in [2.24, 2.45) is 0 Å². The molecule has 1 aliphatic heterocycles. The second-order valence-corrected chi connectivity index (χ2v) is 7.77. The SMILES string of the molecule is COC[C@H]1[C@H](c2ccccc2)OC(=O)CC/C=C/CCC(=O)N1Cc1ccc(C=O)cc1. The van der Waals surface area contributed by atoms with Crippen molar-refractivity contribution in [1.82, 2.24) is 4.90 Å². The molecule has 2 aromatic rings. The van der Waals surface area contributed by atoms with Crippen molar-refractivity contribution in [3.63, 3.8) is 0 Å². The maximum absolute atomic E-state index is 13.3. The number of carbonyl (C=O) groups is 3. The monoisotopic (exact) mass is 435 g/mol. The molecular formula is C26H29NO5. The second kappa shape index (κ2) is 12.0. The molecule has 3 rings (SSSR count). The van der Waals surface area contributed by atoms with E-state index in [4.69, 9.17) is 9.47 Å². The third kappa shape index (κ3) is 6.37. The van der Waals surface area contributed by atoms with E-state index in [1.165, 1.54) is 0 Å². The van der Waals surface area contributed by atoms with E-state index in [0.29, 0.717) is 31.4 Å². The van der Waals surface area contributed by atoms with E-state index < -0.39 is 12.1 Å². The molecule has 32 heavy (non-hydrogen) atoms. The highest BCUT2D eigenvalue weighted by molar-refractivity contribution is 5.77. The van der Waals surface area contributed by atoms with Gasteiger partial charge in [-0.1, -0.05) is 66.7 Å². The summed E-state index contributed by atoms with van der Waals surface area (Å²) in [6.07, 6.45) is 5.79. The zero-order chi connectivity index (χ0) is 22.8. The van der Waals surface area contributed by atoms with Crippen LogP contribution in [-0.2, 0) is 25.6 Å². The van der Waals surface area contributed by atoms with Gasteiger partial charge in [-0.05, 0) is 24.0 Å². The molecule has 0 unspecified atom stereocenters. The number of aldehydes is 1. The molecule has 2 atom stereocenters. The molecule has 0 aromatic heterocycles. The fraction of sp³-hybridized carbons (Fsp3) is 0.346. The molecule has 0 fully saturated rings. The summed E-state index contributed by atoms with van der Waals surface area (Å²) in [4.78, 5) is 38.7. The number of nitrogens with zero attached hydrogens (tertiary/aromatic N) is 1. The van der Waals surface area contributed by atoms with Crippen LogP contribution in [-0.4, -0.2) is 42.8 Å². The van der Waals surface area contributed by atoms with Gasteiger partial charge in [0, 0.05) is 32.1 Å². The van der Waals surface area contributed by atoms with Gasteiger partial charge < -0.3 is 14.4 Å². The van der Waals surface area contributed by atoms with Crippen LogP contribution in [0.4, 0.5) is 0 Å². The lowest BCUT2D eigenvalue weighted by Gasteiger charge is -2.37. The summed E-state index contributed by atoms with van der Waals surface area (Å²) < 4.78 is 11.4. The summed E-state index contributed by atoms with van der Waals surface area (Å²) in [6.45, 7) is 0.525. The summed E-state index contributed by atoms with van der Waals surface area (Å²) >= 11 is 0. The van der Waals surface area contributed by atoms with Crippen molar-refractivity contribution in [3.8, 4) is 0 Å². The standard InChI is InChI=1S/C26H29NO5/c1-31-19-23-26(22-9-5-4-6-10-22)32-25(30)12-8-3-2-7-11-24(29)27(23)17-20-13-15-21(18-28)16-14-20/h2-6,9-10,13-16,18,23,26H,7-8,11-12,17,19H2,1H3/b3-2+/t23-,26-/m0/s1. The first-order valence-corrected chi connectivity index (χ1v) is 10.8. The van der Waals surface area contributed by atoms with Gasteiger partial charge in [-0.3, -0.25) is 14.4 Å². The Labute approximate surface area is 188 Å². The van der Waals surface area contributed by atoms with Gasteiger partial charge in [0.25, 0.3) is 0 Å². The number of amides is 1. The van der Waals surface area contributed by atoms with E-state index in [2.05, 4.69) is 0 Å². The van der Waals surface area contributed by atoms with E-state index in [-0.39, 0.29) is 24.9 Å². The van der Waals surface area contributed by atoms with Crippen LogP contribution in [0.3, 0.4) is 0 Å². The van der Waals surface area contributed by atoms with Crippen LogP contribution < -0.4 is 0 Å². The predicted octanol–water partition coefficient (Wildman–Crippen LogP) is 4.26. The number of hydrogen-bond acceptors (Lipinski definition) is 5. The van der Waals surface area contributed by atoms with Crippen molar-refractivity contribution >= 4 is 18.2 Å². The van der Waals surface area contributed by atoms with Crippen LogP contribution in [0.5, 0.6) is 0 Å². The van der Waals surface area contributed by atoms with Crippen LogP contribution >= 0.6 is 0 Å². The Morgan fingerprint density at radius 2 is 1.69 bits per heavy atom. The number of esters is 1. The predicted molar refractivity (Wildman–Crippen MR) is 121 cm³/mol. The third-order valence-electron chi connectivity index (χ3n) is 5.47. The molecular weight excluding hydrogens is 406 g/mol. The number of carbonyl (C=O) groups excluding carboxylic acids is 3. The van der Waals surface area contributed by atoms with E-state index in [9.17, 15) is 14.4 Å². The highest BCUT2D eigenvalue weighted by Gasteiger charge is 2.34. The fourth-order valence-electron chi connectivity index (χ4n) is 3.80.